The number of phenolic OH excluding ortho intramolecular Hbond substituents is 1. The Morgan fingerprint density at radius 2 is 2.14 bits per heavy atom. The number of hydrogen-bond donors (Lipinski definition) is 3. The minimum atomic E-state index is -0.584. The fraction of sp³-hybridized carbons (Fsp3) is 0.294. The summed E-state index contributed by atoms with van der Waals surface area (Å²) in [5.74, 6) is -0.370. The third-order valence-electron chi connectivity index (χ3n) is 4.32. The fourth-order valence-corrected chi connectivity index (χ4v) is 2.72. The lowest BCUT2D eigenvalue weighted by atomic mass is 10.2. The number of nitrogen functional groups attached to an aromatic ring is 1. The van der Waals surface area contributed by atoms with Crippen LogP contribution in [0, 0.1) is 6.92 Å². The van der Waals surface area contributed by atoms with E-state index >= 15 is 0 Å². The van der Waals surface area contributed by atoms with Gasteiger partial charge in [-0.3, -0.25) is 4.79 Å². The Kier molecular flexibility index (Phi) is 5.71. The zero-order valence-corrected chi connectivity index (χ0v) is 16.2. The molecule has 12 heteroatoms. The summed E-state index contributed by atoms with van der Waals surface area (Å²) in [7, 11) is 0. The van der Waals surface area contributed by atoms with Crippen molar-refractivity contribution in [2.24, 2.45) is 5.10 Å². The third kappa shape index (κ3) is 4.00. The van der Waals surface area contributed by atoms with Crippen molar-refractivity contribution in [2.75, 3.05) is 23.7 Å². The summed E-state index contributed by atoms with van der Waals surface area (Å²) in [6.45, 7) is 7.35. The number of aromatic nitrogens is 5. The van der Waals surface area contributed by atoms with Crippen LogP contribution in [0.25, 0.3) is 5.82 Å². The van der Waals surface area contributed by atoms with E-state index in [4.69, 9.17) is 5.73 Å². The van der Waals surface area contributed by atoms with Crippen molar-refractivity contribution in [3.8, 4) is 11.6 Å². The Morgan fingerprint density at radius 3 is 2.76 bits per heavy atom. The first kappa shape index (κ1) is 19.8. The van der Waals surface area contributed by atoms with Gasteiger partial charge in [0.05, 0.1) is 11.9 Å². The van der Waals surface area contributed by atoms with Crippen LogP contribution in [-0.4, -0.2) is 55.6 Å². The highest BCUT2D eigenvalue weighted by Crippen LogP contribution is 2.23. The number of nitrogens with one attached hydrogen (secondary N) is 1. The van der Waals surface area contributed by atoms with E-state index in [1.807, 2.05) is 19.9 Å². The molecule has 0 saturated heterocycles. The second-order valence-electron chi connectivity index (χ2n) is 6.02. The molecule has 2 heterocycles. The van der Waals surface area contributed by atoms with Crippen LogP contribution in [0.2, 0.25) is 0 Å². The van der Waals surface area contributed by atoms with E-state index < -0.39 is 5.91 Å². The van der Waals surface area contributed by atoms with Crippen LogP contribution in [0.4, 0.5) is 11.5 Å². The van der Waals surface area contributed by atoms with E-state index in [1.165, 1.54) is 10.9 Å². The number of nitrogens with zero attached hydrogens (tertiary/aromatic N) is 7. The average molecular weight is 399 g/mol. The van der Waals surface area contributed by atoms with Gasteiger partial charge in [0.25, 0.3) is 5.91 Å². The van der Waals surface area contributed by atoms with E-state index in [1.54, 1.807) is 19.1 Å². The molecule has 2 aromatic heterocycles. The number of aromatic hydroxyl groups is 1. The molecule has 0 spiro atoms. The molecule has 0 aliphatic carbocycles. The zero-order chi connectivity index (χ0) is 21.0. The molecular weight excluding hydrogens is 378 g/mol. The minimum absolute atomic E-state index is 0.0200. The SMILES string of the molecule is CCN(CC)c1ccc(C=NNC(=O)c2nnn(-c3nonc3N)c2C)c(O)c1. The van der Waals surface area contributed by atoms with Crippen LogP contribution in [0.1, 0.15) is 35.6 Å². The Morgan fingerprint density at radius 1 is 1.38 bits per heavy atom. The van der Waals surface area contributed by atoms with Crippen molar-refractivity contribution in [2.45, 2.75) is 20.8 Å². The topological polar surface area (TPSA) is 161 Å². The maximum absolute atomic E-state index is 12.3. The van der Waals surface area contributed by atoms with Crippen LogP contribution >= 0.6 is 0 Å². The number of phenols is 1. The smallest absolute Gasteiger partial charge is 0.293 e. The number of carbonyl (C=O) groups is 1. The molecule has 0 unspecified atom stereocenters. The average Bonchev–Trinajstić information content (AvgIpc) is 3.29. The predicted octanol–water partition coefficient (Wildman–Crippen LogP) is 0.857. The summed E-state index contributed by atoms with van der Waals surface area (Å²) in [5, 5.41) is 28.8. The maximum Gasteiger partial charge on any atom is 0.293 e. The Balaban J connectivity index is 1.71. The van der Waals surface area contributed by atoms with Gasteiger partial charge in [0.15, 0.2) is 5.69 Å². The summed E-state index contributed by atoms with van der Waals surface area (Å²) in [5.41, 5.74) is 9.76. The van der Waals surface area contributed by atoms with Gasteiger partial charge in [0, 0.05) is 30.4 Å². The summed E-state index contributed by atoms with van der Waals surface area (Å²) in [6.07, 6.45) is 1.35. The molecule has 0 saturated carbocycles. The molecule has 3 aromatic rings. The standard InChI is InChI=1S/C17H21N9O3/c1-4-25(5-2)12-7-6-11(13(27)8-12)9-19-21-17(28)14-10(3)26(24-20-14)16-15(18)22-29-23-16/h6-9,27H,4-5H2,1-3H3,(H2,18,22)(H,21,28). The predicted molar refractivity (Wildman–Crippen MR) is 105 cm³/mol. The fourth-order valence-electron chi connectivity index (χ4n) is 2.72. The molecular formula is C17H21N9O3. The number of hydrazone groups is 1. The zero-order valence-electron chi connectivity index (χ0n) is 16.2. The molecule has 1 aromatic carbocycles. The van der Waals surface area contributed by atoms with E-state index in [9.17, 15) is 9.90 Å². The van der Waals surface area contributed by atoms with Crippen molar-refractivity contribution >= 4 is 23.6 Å². The lowest BCUT2D eigenvalue weighted by Crippen LogP contribution is -2.21. The second-order valence-corrected chi connectivity index (χ2v) is 6.02. The quantitative estimate of drug-likeness (QED) is 0.386. The first-order valence-electron chi connectivity index (χ1n) is 8.88. The van der Waals surface area contributed by atoms with Gasteiger partial charge in [-0.2, -0.15) is 9.78 Å². The molecule has 0 radical (unpaired) electrons. The third-order valence-corrected chi connectivity index (χ3v) is 4.32. The number of hydrogen-bond acceptors (Lipinski definition) is 10. The lowest BCUT2D eigenvalue weighted by molar-refractivity contribution is 0.0949. The van der Waals surface area contributed by atoms with Gasteiger partial charge in [-0.05, 0) is 43.2 Å². The highest BCUT2D eigenvalue weighted by Gasteiger charge is 2.20. The highest BCUT2D eigenvalue weighted by molar-refractivity contribution is 5.94. The van der Waals surface area contributed by atoms with Gasteiger partial charge in [0.1, 0.15) is 5.75 Å². The first-order valence-corrected chi connectivity index (χ1v) is 8.88. The summed E-state index contributed by atoms with van der Waals surface area (Å²) in [6, 6.07) is 5.25. The Bertz CT molecular complexity index is 1040. The van der Waals surface area contributed by atoms with Crippen molar-refractivity contribution in [3.05, 3.63) is 35.2 Å². The molecule has 152 valence electrons. The molecule has 29 heavy (non-hydrogen) atoms. The second kappa shape index (κ2) is 8.37. The molecule has 12 nitrogen and oxygen atoms in total. The van der Waals surface area contributed by atoms with Gasteiger partial charge < -0.3 is 15.7 Å². The van der Waals surface area contributed by atoms with Crippen molar-refractivity contribution < 1.29 is 14.5 Å². The number of anilines is 2. The number of rotatable bonds is 7. The van der Waals surface area contributed by atoms with Gasteiger partial charge in [0.2, 0.25) is 11.6 Å². The maximum atomic E-state index is 12.3. The normalized spacial score (nSPS) is 11.1. The van der Waals surface area contributed by atoms with Crippen LogP contribution < -0.4 is 16.1 Å². The van der Waals surface area contributed by atoms with Gasteiger partial charge >= 0.3 is 0 Å². The number of amides is 1. The molecule has 1 amide bonds. The molecule has 3 rings (SSSR count). The van der Waals surface area contributed by atoms with Gasteiger partial charge in [-0.1, -0.05) is 5.21 Å². The monoisotopic (exact) mass is 399 g/mol. The summed E-state index contributed by atoms with van der Waals surface area (Å²) < 4.78 is 5.76. The first-order chi connectivity index (χ1) is 14.0. The Hall–Kier alpha value is -3.96. The van der Waals surface area contributed by atoms with E-state index in [0.717, 1.165) is 18.8 Å². The molecule has 0 atom stereocenters. The Labute approximate surface area is 166 Å². The molecule has 0 bridgehead atoms. The molecule has 0 fully saturated rings. The number of benzene rings is 1. The van der Waals surface area contributed by atoms with E-state index in [2.05, 4.69) is 40.7 Å². The van der Waals surface area contributed by atoms with Crippen LogP contribution in [-0.2, 0) is 0 Å². The van der Waals surface area contributed by atoms with Crippen molar-refractivity contribution in [1.29, 1.82) is 0 Å². The lowest BCUT2D eigenvalue weighted by Gasteiger charge is -2.21. The largest absolute Gasteiger partial charge is 0.507 e. The van der Waals surface area contributed by atoms with Gasteiger partial charge in [-0.15, -0.1) is 5.10 Å². The summed E-state index contributed by atoms with van der Waals surface area (Å²) >= 11 is 0. The molecule has 0 aliphatic heterocycles. The van der Waals surface area contributed by atoms with E-state index in [0.29, 0.717) is 11.3 Å². The molecule has 4 N–H and O–H groups in total. The van der Waals surface area contributed by atoms with Crippen molar-refractivity contribution in [1.82, 2.24) is 30.7 Å². The van der Waals surface area contributed by atoms with E-state index in [-0.39, 0.29) is 23.1 Å². The van der Waals surface area contributed by atoms with Crippen LogP contribution in [0.3, 0.4) is 0 Å². The van der Waals surface area contributed by atoms with Crippen LogP contribution in [0.5, 0.6) is 5.75 Å². The van der Waals surface area contributed by atoms with Crippen molar-refractivity contribution in [3.63, 3.8) is 0 Å². The van der Waals surface area contributed by atoms with Crippen LogP contribution in [0.15, 0.2) is 27.9 Å². The van der Waals surface area contributed by atoms with Gasteiger partial charge in [-0.25, -0.2) is 10.1 Å². The number of nitrogens with two attached hydrogens (primary N) is 1. The molecule has 0 aliphatic rings. The highest BCUT2D eigenvalue weighted by atomic mass is 16.6. The summed E-state index contributed by atoms with van der Waals surface area (Å²) in [4.78, 5) is 14.4. The minimum Gasteiger partial charge on any atom is -0.507 e. The number of carbonyl (C=O) groups excluding carboxylic acids is 1.